The molecular formula is C28H28F4N4O3. The van der Waals surface area contributed by atoms with Crippen molar-refractivity contribution in [2.75, 3.05) is 24.5 Å². The summed E-state index contributed by atoms with van der Waals surface area (Å²) in [5.74, 6) is -1.02. The van der Waals surface area contributed by atoms with E-state index in [1.165, 1.54) is 35.4 Å². The molecule has 5 rings (SSSR count). The number of carbonyl (C=O) groups excluding carboxylic acids is 2. The first-order chi connectivity index (χ1) is 18.3. The highest BCUT2D eigenvalue weighted by Crippen LogP contribution is 2.48. The Labute approximate surface area is 222 Å². The van der Waals surface area contributed by atoms with Gasteiger partial charge in [0, 0.05) is 49.0 Å². The number of halogens is 4. The predicted molar refractivity (Wildman–Crippen MR) is 136 cm³/mol. The summed E-state index contributed by atoms with van der Waals surface area (Å²) in [4.78, 5) is 31.4. The van der Waals surface area contributed by atoms with Gasteiger partial charge in [-0.15, -0.1) is 0 Å². The van der Waals surface area contributed by atoms with Gasteiger partial charge in [0.25, 0.3) is 0 Å². The van der Waals surface area contributed by atoms with Gasteiger partial charge in [0.05, 0.1) is 28.6 Å². The molecule has 0 saturated carbocycles. The summed E-state index contributed by atoms with van der Waals surface area (Å²) in [6.45, 7) is 4.98. The molecule has 3 heterocycles. The van der Waals surface area contributed by atoms with Crippen molar-refractivity contribution < 1.29 is 32.3 Å². The molecule has 2 aliphatic heterocycles. The van der Waals surface area contributed by atoms with Gasteiger partial charge in [0.1, 0.15) is 5.82 Å². The molecule has 2 N–H and O–H groups in total. The molecular weight excluding hydrogens is 516 g/mol. The number of likely N-dealkylation sites (tertiary alicyclic amines) is 1. The third-order valence-corrected chi connectivity index (χ3v) is 7.81. The van der Waals surface area contributed by atoms with Crippen LogP contribution >= 0.6 is 0 Å². The Morgan fingerprint density at radius 3 is 2.44 bits per heavy atom. The number of alkyl halides is 3. The zero-order chi connectivity index (χ0) is 28.2. The Hall–Kier alpha value is -3.57. The van der Waals surface area contributed by atoms with E-state index in [-0.39, 0.29) is 36.2 Å². The zero-order valence-corrected chi connectivity index (χ0v) is 21.5. The highest BCUT2D eigenvalue weighted by atomic mass is 19.4. The molecule has 1 atom stereocenters. The average molecular weight is 545 g/mol. The highest BCUT2D eigenvalue weighted by molar-refractivity contribution is 6.06. The second-order valence-corrected chi connectivity index (χ2v) is 10.8. The number of hydrogen-bond donors (Lipinski definition) is 2. The summed E-state index contributed by atoms with van der Waals surface area (Å²) >= 11 is 0. The number of anilines is 1. The van der Waals surface area contributed by atoms with Crippen LogP contribution < -0.4 is 10.2 Å². The lowest BCUT2D eigenvalue weighted by atomic mass is 9.66. The van der Waals surface area contributed by atoms with E-state index in [1.54, 1.807) is 6.07 Å². The van der Waals surface area contributed by atoms with E-state index < -0.39 is 34.6 Å². The summed E-state index contributed by atoms with van der Waals surface area (Å²) in [5, 5.41) is 14.3. The summed E-state index contributed by atoms with van der Waals surface area (Å²) in [6.07, 6.45) is -2.65. The molecule has 0 radical (unpaired) electrons. The van der Waals surface area contributed by atoms with Crippen LogP contribution in [0, 0.1) is 11.2 Å². The van der Waals surface area contributed by atoms with Gasteiger partial charge in [0.15, 0.2) is 0 Å². The van der Waals surface area contributed by atoms with E-state index in [0.717, 1.165) is 12.1 Å². The SMILES string of the molecule is CC1(C)CN(Cc2ccc(C(F)(F)F)cc2)CC[C@]1(O)c1ccc2ncc(N3CCC(=O)NC3=O)cc2c1F. The molecule has 0 bridgehead atoms. The minimum atomic E-state index is -4.40. The Morgan fingerprint density at radius 2 is 1.79 bits per heavy atom. The van der Waals surface area contributed by atoms with E-state index in [4.69, 9.17) is 0 Å². The maximum absolute atomic E-state index is 16.0. The van der Waals surface area contributed by atoms with E-state index in [0.29, 0.717) is 36.4 Å². The number of nitrogens with one attached hydrogen (secondary N) is 1. The average Bonchev–Trinajstić information content (AvgIpc) is 2.86. The third kappa shape index (κ3) is 4.96. The molecule has 2 fully saturated rings. The molecule has 206 valence electrons. The maximum Gasteiger partial charge on any atom is 0.416 e. The number of fused-ring (bicyclic) bond motifs is 1. The van der Waals surface area contributed by atoms with Crippen LogP contribution in [0.2, 0.25) is 0 Å². The van der Waals surface area contributed by atoms with Crippen LogP contribution in [-0.2, 0) is 23.1 Å². The van der Waals surface area contributed by atoms with Crippen molar-refractivity contribution in [3.63, 3.8) is 0 Å². The Bertz CT molecular complexity index is 1440. The second kappa shape index (κ2) is 9.56. The van der Waals surface area contributed by atoms with Crippen molar-refractivity contribution in [2.45, 2.75) is 45.0 Å². The van der Waals surface area contributed by atoms with Crippen LogP contribution in [-0.4, -0.2) is 46.6 Å². The van der Waals surface area contributed by atoms with Crippen LogP contribution in [0.25, 0.3) is 10.9 Å². The van der Waals surface area contributed by atoms with Gasteiger partial charge in [-0.2, -0.15) is 13.2 Å². The van der Waals surface area contributed by atoms with E-state index in [9.17, 15) is 27.9 Å². The maximum atomic E-state index is 16.0. The van der Waals surface area contributed by atoms with E-state index in [2.05, 4.69) is 10.3 Å². The molecule has 3 aromatic rings. The number of piperidine rings is 1. The number of carbonyl (C=O) groups is 2. The van der Waals surface area contributed by atoms with E-state index >= 15 is 4.39 Å². The van der Waals surface area contributed by atoms with Crippen LogP contribution in [0.15, 0.2) is 48.7 Å². The van der Waals surface area contributed by atoms with Crippen molar-refractivity contribution in [1.82, 2.24) is 15.2 Å². The standard InChI is InChI=1S/C28H28F4N4O3/c1-26(2)16-35(15-17-3-5-18(6-4-17)28(30,31)32)12-10-27(26,39)21-7-8-22-20(24(21)29)13-19(14-33-22)36-11-9-23(37)34-25(36)38/h3-8,13-14,39H,9-12,15-16H2,1-2H3,(H,34,37,38)/t27-/m0/s1. The fraction of sp³-hybridized carbons (Fsp3) is 0.393. The Kier molecular flexibility index (Phi) is 6.62. The van der Waals surface area contributed by atoms with Crippen LogP contribution in [0.3, 0.4) is 0 Å². The van der Waals surface area contributed by atoms with Crippen molar-refractivity contribution in [1.29, 1.82) is 0 Å². The molecule has 0 spiro atoms. The summed E-state index contributed by atoms with van der Waals surface area (Å²) < 4.78 is 54.7. The number of urea groups is 1. The van der Waals surface area contributed by atoms with Gasteiger partial charge in [-0.25, -0.2) is 9.18 Å². The number of aromatic nitrogens is 1. The summed E-state index contributed by atoms with van der Waals surface area (Å²) in [5.41, 5.74) is -1.54. The first kappa shape index (κ1) is 27.0. The fourth-order valence-electron chi connectivity index (χ4n) is 5.55. The van der Waals surface area contributed by atoms with Crippen molar-refractivity contribution in [2.24, 2.45) is 5.41 Å². The van der Waals surface area contributed by atoms with Crippen molar-refractivity contribution in [3.8, 4) is 0 Å². The molecule has 2 aromatic carbocycles. The highest BCUT2D eigenvalue weighted by Gasteiger charge is 2.50. The third-order valence-electron chi connectivity index (χ3n) is 7.81. The second-order valence-electron chi connectivity index (χ2n) is 10.8. The lowest BCUT2D eigenvalue weighted by Crippen LogP contribution is -2.55. The first-order valence-corrected chi connectivity index (χ1v) is 12.6. The van der Waals surface area contributed by atoms with Crippen LogP contribution in [0.5, 0.6) is 0 Å². The number of amides is 3. The van der Waals surface area contributed by atoms with Gasteiger partial charge >= 0.3 is 12.2 Å². The monoisotopic (exact) mass is 544 g/mol. The van der Waals surface area contributed by atoms with Crippen LogP contribution in [0.4, 0.5) is 28.0 Å². The number of aliphatic hydroxyl groups is 1. The summed E-state index contributed by atoms with van der Waals surface area (Å²) in [7, 11) is 0. The van der Waals surface area contributed by atoms with Crippen molar-refractivity contribution >= 4 is 28.5 Å². The number of nitrogens with zero attached hydrogens (tertiary/aromatic N) is 3. The molecule has 7 nitrogen and oxygen atoms in total. The molecule has 11 heteroatoms. The largest absolute Gasteiger partial charge is 0.416 e. The fourth-order valence-corrected chi connectivity index (χ4v) is 5.55. The molecule has 39 heavy (non-hydrogen) atoms. The first-order valence-electron chi connectivity index (χ1n) is 12.6. The zero-order valence-electron chi connectivity index (χ0n) is 21.5. The van der Waals surface area contributed by atoms with Crippen LogP contribution in [0.1, 0.15) is 43.4 Å². The lowest BCUT2D eigenvalue weighted by molar-refractivity contribution is -0.137. The molecule has 3 amide bonds. The predicted octanol–water partition coefficient (Wildman–Crippen LogP) is 4.96. The summed E-state index contributed by atoms with van der Waals surface area (Å²) in [6, 6.07) is 9.05. The van der Waals surface area contributed by atoms with Gasteiger partial charge in [-0.1, -0.05) is 32.0 Å². The Balaban J connectivity index is 1.40. The topological polar surface area (TPSA) is 85.8 Å². The minimum absolute atomic E-state index is 0.114. The number of imide groups is 1. The van der Waals surface area contributed by atoms with Gasteiger partial charge in [-0.3, -0.25) is 24.9 Å². The molecule has 2 saturated heterocycles. The van der Waals surface area contributed by atoms with Gasteiger partial charge in [-0.05, 0) is 36.2 Å². The lowest BCUT2D eigenvalue weighted by Gasteiger charge is -2.50. The number of rotatable bonds is 4. The van der Waals surface area contributed by atoms with Gasteiger partial charge < -0.3 is 5.11 Å². The smallest absolute Gasteiger partial charge is 0.384 e. The number of pyridine rings is 1. The Morgan fingerprint density at radius 1 is 1.08 bits per heavy atom. The normalized spacial score (nSPS) is 22.3. The van der Waals surface area contributed by atoms with E-state index in [1.807, 2.05) is 18.7 Å². The molecule has 0 aliphatic carbocycles. The molecule has 2 aliphatic rings. The number of hydrogen-bond acceptors (Lipinski definition) is 5. The molecule has 1 aromatic heterocycles. The quantitative estimate of drug-likeness (QED) is 0.454. The van der Waals surface area contributed by atoms with Gasteiger partial charge in [0.2, 0.25) is 5.91 Å². The van der Waals surface area contributed by atoms with Crippen molar-refractivity contribution in [3.05, 3.63) is 71.2 Å². The number of benzene rings is 2. The molecule has 0 unspecified atom stereocenters. The minimum Gasteiger partial charge on any atom is -0.384 e.